The molecule has 1 N–H and O–H groups in total. The van der Waals surface area contributed by atoms with Gasteiger partial charge in [0.15, 0.2) is 10.8 Å². The first kappa shape index (κ1) is 18.6. The van der Waals surface area contributed by atoms with Crippen LogP contribution in [0, 0.1) is 0 Å². The monoisotopic (exact) mass is 406 g/mol. The first-order valence-corrected chi connectivity index (χ1v) is 10.5. The number of aromatic nitrogens is 3. The van der Waals surface area contributed by atoms with E-state index in [1.807, 2.05) is 78.2 Å². The van der Waals surface area contributed by atoms with E-state index in [4.69, 9.17) is 0 Å². The van der Waals surface area contributed by atoms with Crippen molar-refractivity contribution in [3.63, 3.8) is 0 Å². The number of nitrogens with zero attached hydrogens (tertiary/aromatic N) is 3. The number of para-hydroxylation sites is 1. The zero-order valence-corrected chi connectivity index (χ0v) is 16.8. The van der Waals surface area contributed by atoms with Gasteiger partial charge >= 0.3 is 0 Å². The second-order valence-electron chi connectivity index (χ2n) is 6.07. The van der Waals surface area contributed by atoms with Crippen molar-refractivity contribution in [2.24, 2.45) is 0 Å². The van der Waals surface area contributed by atoms with E-state index in [0.29, 0.717) is 5.16 Å². The molecule has 0 saturated heterocycles. The fourth-order valence-electron chi connectivity index (χ4n) is 2.62. The Morgan fingerprint density at radius 1 is 0.964 bits per heavy atom. The Balaban J connectivity index is 1.47. The van der Waals surface area contributed by atoms with Crippen LogP contribution in [-0.4, -0.2) is 25.8 Å². The van der Waals surface area contributed by atoms with Crippen molar-refractivity contribution in [2.45, 2.75) is 27.1 Å². The Labute approximate surface area is 171 Å². The predicted octanol–water partition coefficient (Wildman–Crippen LogP) is 5.00. The maximum atomic E-state index is 12.8. The molecule has 0 radical (unpaired) electrons. The van der Waals surface area contributed by atoms with Gasteiger partial charge in [-0.3, -0.25) is 9.20 Å². The van der Waals surface area contributed by atoms with E-state index in [-0.39, 0.29) is 11.2 Å². The number of hydrogen-bond acceptors (Lipinski definition) is 5. The molecule has 5 nitrogen and oxygen atoms in total. The van der Waals surface area contributed by atoms with Crippen molar-refractivity contribution in [2.75, 3.05) is 5.32 Å². The number of pyridine rings is 1. The van der Waals surface area contributed by atoms with Crippen LogP contribution in [0.1, 0.15) is 6.92 Å². The molecule has 0 fully saturated rings. The molecular formula is C21H18N4OS2. The molecule has 0 unspecified atom stereocenters. The molecule has 2 heterocycles. The number of nitrogens with one attached hydrogen (secondary N) is 1. The number of anilines is 1. The zero-order chi connectivity index (χ0) is 19.3. The van der Waals surface area contributed by atoms with Crippen LogP contribution in [-0.2, 0) is 4.79 Å². The molecule has 0 aliphatic carbocycles. The predicted molar refractivity (Wildman–Crippen MR) is 114 cm³/mol. The molecule has 0 bridgehead atoms. The first-order chi connectivity index (χ1) is 13.7. The summed E-state index contributed by atoms with van der Waals surface area (Å²) >= 11 is 3.01. The molecule has 4 aromatic rings. The molecule has 140 valence electrons. The molecule has 2 aromatic carbocycles. The molecule has 28 heavy (non-hydrogen) atoms. The molecule has 1 atom stereocenters. The number of rotatable bonds is 6. The number of amides is 1. The van der Waals surface area contributed by atoms with E-state index in [2.05, 4.69) is 27.6 Å². The molecule has 2 aromatic heterocycles. The fourth-order valence-corrected chi connectivity index (χ4v) is 4.38. The van der Waals surface area contributed by atoms with E-state index in [0.717, 1.165) is 21.1 Å². The van der Waals surface area contributed by atoms with Gasteiger partial charge in [-0.25, -0.2) is 0 Å². The number of thioether (sulfide) groups is 1. The van der Waals surface area contributed by atoms with E-state index < -0.39 is 0 Å². The summed E-state index contributed by atoms with van der Waals surface area (Å²) in [4.78, 5) is 14.9. The fraction of sp³-hybridized carbons (Fsp3) is 0.0952. The number of fused-ring (bicyclic) bond motifs is 1. The van der Waals surface area contributed by atoms with Gasteiger partial charge in [-0.2, -0.15) is 0 Å². The van der Waals surface area contributed by atoms with Gasteiger partial charge in [-0.1, -0.05) is 59.9 Å². The Morgan fingerprint density at radius 2 is 1.71 bits per heavy atom. The van der Waals surface area contributed by atoms with Crippen LogP contribution < -0.4 is 5.32 Å². The highest BCUT2D eigenvalue weighted by molar-refractivity contribution is 8.00. The highest BCUT2D eigenvalue weighted by atomic mass is 32.2. The summed E-state index contributed by atoms with van der Waals surface area (Å²) in [6.07, 6.45) is 1.90. The number of benzene rings is 2. The lowest BCUT2D eigenvalue weighted by Gasteiger charge is -2.14. The summed E-state index contributed by atoms with van der Waals surface area (Å²) in [5.41, 5.74) is 1.57. The lowest BCUT2D eigenvalue weighted by atomic mass is 10.3. The molecule has 0 saturated carbocycles. The van der Waals surface area contributed by atoms with E-state index in [1.54, 1.807) is 11.8 Å². The maximum absolute atomic E-state index is 12.8. The number of hydrogen-bond donors (Lipinski definition) is 1. The normalized spacial score (nSPS) is 12.0. The largest absolute Gasteiger partial charge is 0.324 e. The van der Waals surface area contributed by atoms with Crippen molar-refractivity contribution in [1.29, 1.82) is 0 Å². The maximum Gasteiger partial charge on any atom is 0.237 e. The average molecular weight is 407 g/mol. The highest BCUT2D eigenvalue weighted by Gasteiger charge is 2.19. The summed E-state index contributed by atoms with van der Waals surface area (Å²) in [5.74, 6) is -0.0706. The minimum absolute atomic E-state index is 0.0706. The van der Waals surface area contributed by atoms with Crippen molar-refractivity contribution in [3.8, 4) is 0 Å². The summed E-state index contributed by atoms with van der Waals surface area (Å²) in [5, 5.41) is 11.8. The third kappa shape index (κ3) is 4.21. The van der Waals surface area contributed by atoms with Gasteiger partial charge in [0.25, 0.3) is 0 Å². The van der Waals surface area contributed by atoms with Crippen molar-refractivity contribution in [1.82, 2.24) is 14.6 Å². The van der Waals surface area contributed by atoms with E-state index in [9.17, 15) is 4.79 Å². The van der Waals surface area contributed by atoms with E-state index in [1.165, 1.54) is 11.8 Å². The van der Waals surface area contributed by atoms with Crippen LogP contribution in [0.3, 0.4) is 0 Å². The lowest BCUT2D eigenvalue weighted by molar-refractivity contribution is -0.115. The SMILES string of the molecule is C[C@H](Sc1nnc2ccccn12)C(=O)Nc1ccccc1Sc1ccccc1. The van der Waals surface area contributed by atoms with Gasteiger partial charge in [-0.05, 0) is 43.3 Å². The van der Waals surface area contributed by atoms with E-state index >= 15 is 0 Å². The zero-order valence-electron chi connectivity index (χ0n) is 15.1. The van der Waals surface area contributed by atoms with Crippen molar-refractivity contribution >= 4 is 40.8 Å². The minimum Gasteiger partial charge on any atom is -0.324 e. The van der Waals surface area contributed by atoms with Crippen LogP contribution in [0.5, 0.6) is 0 Å². The first-order valence-electron chi connectivity index (χ1n) is 8.80. The Hall–Kier alpha value is -2.77. The quantitative estimate of drug-likeness (QED) is 0.457. The van der Waals surface area contributed by atoms with Gasteiger partial charge in [0.2, 0.25) is 5.91 Å². The summed E-state index contributed by atoms with van der Waals surface area (Å²) in [7, 11) is 0. The van der Waals surface area contributed by atoms with Gasteiger partial charge in [-0.15, -0.1) is 10.2 Å². The number of carbonyl (C=O) groups excluding carboxylic acids is 1. The standard InChI is InChI=1S/C21H18N4OS2/c1-15(27-21-24-23-19-13-7-8-14-25(19)21)20(26)22-17-11-5-6-12-18(17)28-16-9-3-2-4-10-16/h2-15H,1H3,(H,22,26)/t15-/m0/s1. The van der Waals surface area contributed by atoms with Crippen LogP contribution in [0.4, 0.5) is 5.69 Å². The summed E-state index contributed by atoms with van der Waals surface area (Å²) in [6.45, 7) is 1.87. The third-order valence-electron chi connectivity index (χ3n) is 4.05. The lowest BCUT2D eigenvalue weighted by Crippen LogP contribution is -2.23. The van der Waals surface area contributed by atoms with Crippen molar-refractivity contribution in [3.05, 3.63) is 79.0 Å². The molecule has 0 aliphatic rings. The van der Waals surface area contributed by atoms with Crippen LogP contribution in [0.2, 0.25) is 0 Å². The Bertz CT molecular complexity index is 1100. The molecule has 0 aliphatic heterocycles. The summed E-state index contributed by atoms with van der Waals surface area (Å²) < 4.78 is 1.88. The van der Waals surface area contributed by atoms with Crippen LogP contribution in [0.15, 0.2) is 93.9 Å². The van der Waals surface area contributed by atoms with Crippen LogP contribution in [0.25, 0.3) is 5.65 Å². The molecule has 7 heteroatoms. The van der Waals surface area contributed by atoms with Gasteiger partial charge in [0, 0.05) is 16.0 Å². The smallest absolute Gasteiger partial charge is 0.237 e. The van der Waals surface area contributed by atoms with Gasteiger partial charge in [0.05, 0.1) is 10.9 Å². The molecular weight excluding hydrogens is 388 g/mol. The van der Waals surface area contributed by atoms with Crippen LogP contribution >= 0.6 is 23.5 Å². The Kier molecular flexibility index (Phi) is 5.64. The van der Waals surface area contributed by atoms with Gasteiger partial charge in [0.1, 0.15) is 0 Å². The number of carbonyl (C=O) groups is 1. The molecule has 1 amide bonds. The topological polar surface area (TPSA) is 59.3 Å². The second kappa shape index (κ2) is 8.50. The summed E-state index contributed by atoms with van der Waals surface area (Å²) in [6, 6.07) is 23.7. The average Bonchev–Trinajstić information content (AvgIpc) is 3.13. The highest BCUT2D eigenvalue weighted by Crippen LogP contribution is 2.33. The third-order valence-corrected chi connectivity index (χ3v) is 6.19. The van der Waals surface area contributed by atoms with Crippen molar-refractivity contribution < 1.29 is 4.79 Å². The molecule has 0 spiro atoms. The second-order valence-corrected chi connectivity index (χ2v) is 8.50. The Morgan fingerprint density at radius 3 is 2.57 bits per heavy atom. The molecule has 4 rings (SSSR count). The van der Waals surface area contributed by atoms with Gasteiger partial charge < -0.3 is 5.32 Å². The minimum atomic E-state index is -0.317.